The maximum Gasteiger partial charge on any atom is 0.339 e. The molecule has 0 aliphatic heterocycles. The Morgan fingerprint density at radius 2 is 1.91 bits per heavy atom. The van der Waals surface area contributed by atoms with Gasteiger partial charge < -0.3 is 14.3 Å². The third-order valence-corrected chi connectivity index (χ3v) is 3.17. The van der Waals surface area contributed by atoms with Crippen LogP contribution in [-0.2, 0) is 4.74 Å². The molecule has 1 N–H and O–H groups in total. The predicted octanol–water partition coefficient (Wildman–Crippen LogP) is 3.36. The van der Waals surface area contributed by atoms with Gasteiger partial charge in [0, 0.05) is 5.56 Å². The van der Waals surface area contributed by atoms with E-state index in [2.05, 4.69) is 10.2 Å². The van der Waals surface area contributed by atoms with E-state index in [1.54, 1.807) is 19.1 Å². The van der Waals surface area contributed by atoms with Crippen molar-refractivity contribution in [3.05, 3.63) is 66.1 Å². The number of ether oxygens (including phenoxy) is 1. The van der Waals surface area contributed by atoms with Crippen LogP contribution in [0.1, 0.15) is 29.3 Å². The summed E-state index contributed by atoms with van der Waals surface area (Å²) >= 11 is 0. The fourth-order valence-electron chi connectivity index (χ4n) is 2.01. The molecule has 1 atom stereocenters. The van der Waals surface area contributed by atoms with Crippen molar-refractivity contribution in [3.63, 3.8) is 0 Å². The number of esters is 1. The Labute approximate surface area is 132 Å². The molecule has 3 aromatic rings. The number of hydrogen-bond acceptors (Lipinski definition) is 6. The first-order valence-corrected chi connectivity index (χ1v) is 7.02. The van der Waals surface area contributed by atoms with Crippen LogP contribution < -0.4 is 0 Å². The van der Waals surface area contributed by atoms with Gasteiger partial charge in [-0.25, -0.2) is 4.79 Å². The largest absolute Gasteiger partial charge is 0.508 e. The van der Waals surface area contributed by atoms with E-state index in [1.807, 2.05) is 30.3 Å². The summed E-state index contributed by atoms with van der Waals surface area (Å²) in [6.07, 6.45) is -0.699. The predicted molar refractivity (Wildman–Crippen MR) is 81.7 cm³/mol. The molecular weight excluding hydrogens is 296 g/mol. The van der Waals surface area contributed by atoms with Crippen molar-refractivity contribution in [3.8, 4) is 17.2 Å². The molecule has 0 saturated carbocycles. The van der Waals surface area contributed by atoms with Crippen LogP contribution in [0.4, 0.5) is 0 Å². The monoisotopic (exact) mass is 310 g/mol. The Morgan fingerprint density at radius 3 is 2.65 bits per heavy atom. The first-order valence-electron chi connectivity index (χ1n) is 7.02. The van der Waals surface area contributed by atoms with Gasteiger partial charge in [0.15, 0.2) is 6.10 Å². The molecular formula is C17H14N2O4. The van der Waals surface area contributed by atoms with Gasteiger partial charge in [-0.2, -0.15) is 0 Å². The lowest BCUT2D eigenvalue weighted by atomic mass is 10.2. The van der Waals surface area contributed by atoms with Crippen LogP contribution in [0.2, 0.25) is 0 Å². The van der Waals surface area contributed by atoms with Crippen molar-refractivity contribution < 1.29 is 19.1 Å². The van der Waals surface area contributed by atoms with Crippen LogP contribution in [0.15, 0.2) is 59.0 Å². The molecule has 0 radical (unpaired) electrons. The number of phenols is 1. The summed E-state index contributed by atoms with van der Waals surface area (Å²) in [5.41, 5.74) is 1.04. The smallest absolute Gasteiger partial charge is 0.339 e. The molecule has 6 nitrogen and oxygen atoms in total. The lowest BCUT2D eigenvalue weighted by Crippen LogP contribution is -2.09. The fraction of sp³-hybridized carbons (Fsp3) is 0.118. The molecule has 1 heterocycles. The molecule has 0 saturated heterocycles. The summed E-state index contributed by atoms with van der Waals surface area (Å²) in [5.74, 6) is -0.0117. The number of rotatable bonds is 4. The SMILES string of the molecule is C[C@H](OC(=O)c1cccc(O)c1)c1nnc(-c2ccccc2)o1. The topological polar surface area (TPSA) is 85.5 Å². The van der Waals surface area contributed by atoms with E-state index >= 15 is 0 Å². The second-order valence-electron chi connectivity index (χ2n) is 4.91. The van der Waals surface area contributed by atoms with Crippen LogP contribution in [0.5, 0.6) is 5.75 Å². The molecule has 6 heteroatoms. The molecule has 1 aromatic heterocycles. The Kier molecular flexibility index (Phi) is 4.05. The molecule has 0 spiro atoms. The van der Waals surface area contributed by atoms with E-state index in [0.717, 1.165) is 5.56 Å². The first kappa shape index (κ1) is 14.8. The van der Waals surface area contributed by atoms with Gasteiger partial charge >= 0.3 is 5.97 Å². The molecule has 116 valence electrons. The molecule has 0 aliphatic rings. The number of benzene rings is 2. The average molecular weight is 310 g/mol. The minimum Gasteiger partial charge on any atom is -0.508 e. The number of carbonyl (C=O) groups is 1. The number of carbonyl (C=O) groups excluding carboxylic acids is 1. The highest BCUT2D eigenvalue weighted by Crippen LogP contribution is 2.23. The average Bonchev–Trinajstić information content (AvgIpc) is 3.06. The normalized spacial score (nSPS) is 11.9. The molecule has 0 fully saturated rings. The maximum absolute atomic E-state index is 12.0. The lowest BCUT2D eigenvalue weighted by molar-refractivity contribution is 0.0279. The van der Waals surface area contributed by atoms with E-state index in [4.69, 9.17) is 9.15 Å². The van der Waals surface area contributed by atoms with E-state index in [1.165, 1.54) is 12.1 Å². The number of aromatic nitrogens is 2. The van der Waals surface area contributed by atoms with E-state index < -0.39 is 12.1 Å². The molecule has 0 aliphatic carbocycles. The lowest BCUT2D eigenvalue weighted by Gasteiger charge is -2.09. The summed E-state index contributed by atoms with van der Waals surface area (Å²) in [6, 6.07) is 15.2. The number of phenolic OH excluding ortho intramolecular Hbond substituents is 1. The van der Waals surface area contributed by atoms with Crippen LogP contribution >= 0.6 is 0 Å². The zero-order valence-electron chi connectivity index (χ0n) is 12.3. The first-order chi connectivity index (χ1) is 11.1. The van der Waals surface area contributed by atoms with Gasteiger partial charge in [-0.3, -0.25) is 0 Å². The quantitative estimate of drug-likeness (QED) is 0.744. The zero-order valence-corrected chi connectivity index (χ0v) is 12.3. The van der Waals surface area contributed by atoms with Crippen LogP contribution in [0.3, 0.4) is 0 Å². The van der Waals surface area contributed by atoms with Crippen LogP contribution in [0, 0.1) is 0 Å². The minimum atomic E-state index is -0.699. The van der Waals surface area contributed by atoms with Crippen LogP contribution in [0.25, 0.3) is 11.5 Å². The molecule has 3 rings (SSSR count). The van der Waals surface area contributed by atoms with Gasteiger partial charge in [-0.15, -0.1) is 10.2 Å². The number of nitrogens with zero attached hydrogens (tertiary/aromatic N) is 2. The Bertz CT molecular complexity index is 814. The highest BCUT2D eigenvalue weighted by molar-refractivity contribution is 5.89. The van der Waals surface area contributed by atoms with Gasteiger partial charge in [-0.05, 0) is 37.3 Å². The second kappa shape index (κ2) is 6.31. The third kappa shape index (κ3) is 3.37. The molecule has 0 bridgehead atoms. The van der Waals surface area contributed by atoms with Gasteiger partial charge in [-0.1, -0.05) is 24.3 Å². The van der Waals surface area contributed by atoms with E-state index in [-0.39, 0.29) is 17.2 Å². The summed E-state index contributed by atoms with van der Waals surface area (Å²) in [6.45, 7) is 1.64. The Balaban J connectivity index is 1.73. The van der Waals surface area contributed by atoms with E-state index in [0.29, 0.717) is 5.89 Å². The van der Waals surface area contributed by atoms with Crippen molar-refractivity contribution >= 4 is 5.97 Å². The van der Waals surface area contributed by atoms with Crippen molar-refractivity contribution in [1.82, 2.24) is 10.2 Å². The Hall–Kier alpha value is -3.15. The standard InChI is InChI=1S/C17H14N2O4/c1-11(22-17(21)13-8-5-9-14(20)10-13)15-18-19-16(23-15)12-6-3-2-4-7-12/h2-11,20H,1H3/t11-/m0/s1. The molecule has 2 aromatic carbocycles. The Morgan fingerprint density at radius 1 is 1.13 bits per heavy atom. The highest BCUT2D eigenvalue weighted by atomic mass is 16.6. The van der Waals surface area contributed by atoms with Gasteiger partial charge in [0.05, 0.1) is 5.56 Å². The van der Waals surface area contributed by atoms with Crippen LogP contribution in [-0.4, -0.2) is 21.3 Å². The summed E-state index contributed by atoms with van der Waals surface area (Å²) in [4.78, 5) is 12.0. The molecule has 23 heavy (non-hydrogen) atoms. The maximum atomic E-state index is 12.0. The molecule has 0 unspecified atom stereocenters. The minimum absolute atomic E-state index is 0.00347. The van der Waals surface area contributed by atoms with Crippen molar-refractivity contribution in [1.29, 1.82) is 0 Å². The summed E-state index contributed by atoms with van der Waals surface area (Å²) in [7, 11) is 0. The van der Waals surface area contributed by atoms with Gasteiger partial charge in [0.1, 0.15) is 5.75 Å². The van der Waals surface area contributed by atoms with Crippen molar-refractivity contribution in [2.45, 2.75) is 13.0 Å². The van der Waals surface area contributed by atoms with Gasteiger partial charge in [0.2, 0.25) is 5.89 Å². The number of aromatic hydroxyl groups is 1. The summed E-state index contributed by atoms with van der Waals surface area (Å²) in [5, 5.41) is 17.3. The number of hydrogen-bond donors (Lipinski definition) is 1. The van der Waals surface area contributed by atoms with Crippen molar-refractivity contribution in [2.75, 3.05) is 0 Å². The summed E-state index contributed by atoms with van der Waals surface area (Å²) < 4.78 is 10.8. The van der Waals surface area contributed by atoms with Crippen molar-refractivity contribution in [2.24, 2.45) is 0 Å². The highest BCUT2D eigenvalue weighted by Gasteiger charge is 2.20. The third-order valence-electron chi connectivity index (χ3n) is 3.17. The van der Waals surface area contributed by atoms with Gasteiger partial charge in [0.25, 0.3) is 5.89 Å². The second-order valence-corrected chi connectivity index (χ2v) is 4.91. The fourth-order valence-corrected chi connectivity index (χ4v) is 2.01. The zero-order chi connectivity index (χ0) is 16.2. The molecule has 0 amide bonds. The van der Waals surface area contributed by atoms with E-state index in [9.17, 15) is 9.90 Å².